The van der Waals surface area contributed by atoms with Gasteiger partial charge < -0.3 is 14.6 Å². The van der Waals surface area contributed by atoms with Crippen LogP contribution >= 0.6 is 0 Å². The zero-order chi connectivity index (χ0) is 14.4. The first-order valence-corrected chi connectivity index (χ1v) is 6.86. The molecule has 0 saturated heterocycles. The maximum atomic E-state index is 10.2. The molecule has 106 valence electrons. The number of phenols is 1. The van der Waals surface area contributed by atoms with Gasteiger partial charge in [0.1, 0.15) is 11.4 Å². The van der Waals surface area contributed by atoms with Crippen molar-refractivity contribution in [1.29, 1.82) is 0 Å². The van der Waals surface area contributed by atoms with Crippen molar-refractivity contribution >= 4 is 0 Å². The molecule has 1 aliphatic rings. The fraction of sp³-hybridized carbons (Fsp3) is 0.625. The van der Waals surface area contributed by atoms with Crippen LogP contribution in [0, 0.1) is 12.8 Å². The Bertz CT molecular complexity index is 489. The third-order valence-electron chi connectivity index (χ3n) is 4.01. The summed E-state index contributed by atoms with van der Waals surface area (Å²) in [7, 11) is 1.56. The van der Waals surface area contributed by atoms with Crippen LogP contribution in [0.2, 0.25) is 0 Å². The van der Waals surface area contributed by atoms with Crippen molar-refractivity contribution in [2.24, 2.45) is 5.92 Å². The van der Waals surface area contributed by atoms with Crippen LogP contribution in [0.1, 0.15) is 51.2 Å². The van der Waals surface area contributed by atoms with Gasteiger partial charge in [-0.05, 0) is 39.0 Å². The molecule has 3 nitrogen and oxygen atoms in total. The number of hydrogen-bond acceptors (Lipinski definition) is 3. The van der Waals surface area contributed by atoms with Crippen molar-refractivity contribution in [2.45, 2.75) is 52.6 Å². The van der Waals surface area contributed by atoms with E-state index in [0.717, 1.165) is 23.3 Å². The van der Waals surface area contributed by atoms with Gasteiger partial charge in [0.2, 0.25) is 0 Å². The minimum Gasteiger partial charge on any atom is -0.504 e. The van der Waals surface area contributed by atoms with E-state index in [4.69, 9.17) is 9.47 Å². The van der Waals surface area contributed by atoms with Gasteiger partial charge in [-0.15, -0.1) is 0 Å². The number of methoxy groups -OCH3 is 1. The van der Waals surface area contributed by atoms with E-state index in [0.29, 0.717) is 17.6 Å². The molecule has 3 heteroatoms. The number of aromatic hydroxyl groups is 1. The van der Waals surface area contributed by atoms with Gasteiger partial charge >= 0.3 is 0 Å². The molecular weight excluding hydrogens is 240 g/mol. The van der Waals surface area contributed by atoms with Crippen LogP contribution in [0.15, 0.2) is 6.07 Å². The second-order valence-electron chi connectivity index (χ2n) is 6.38. The molecule has 1 atom stereocenters. The predicted molar refractivity (Wildman–Crippen MR) is 76.3 cm³/mol. The Labute approximate surface area is 115 Å². The maximum Gasteiger partial charge on any atom is 0.164 e. The fourth-order valence-corrected chi connectivity index (χ4v) is 3.00. The lowest BCUT2D eigenvalue weighted by atomic mass is 9.76. The molecule has 1 heterocycles. The van der Waals surface area contributed by atoms with Crippen molar-refractivity contribution in [3.63, 3.8) is 0 Å². The van der Waals surface area contributed by atoms with Crippen LogP contribution in [0.4, 0.5) is 0 Å². The summed E-state index contributed by atoms with van der Waals surface area (Å²) in [5.74, 6) is 2.47. The standard InChI is InChI=1S/C16H24O3/c1-9(2)11-8-16(4,5)19-12-7-13(18-6)15(17)10(3)14(11)12/h7,9,11,17H,8H2,1-6H3. The fourth-order valence-electron chi connectivity index (χ4n) is 3.00. The number of ether oxygens (including phenoxy) is 2. The molecule has 1 unspecified atom stereocenters. The normalized spacial score (nSPS) is 20.9. The molecule has 1 N–H and O–H groups in total. The summed E-state index contributed by atoms with van der Waals surface area (Å²) in [5.41, 5.74) is 1.83. The molecule has 19 heavy (non-hydrogen) atoms. The van der Waals surface area contributed by atoms with E-state index in [-0.39, 0.29) is 11.4 Å². The Kier molecular flexibility index (Phi) is 3.41. The second-order valence-corrected chi connectivity index (χ2v) is 6.38. The largest absolute Gasteiger partial charge is 0.504 e. The SMILES string of the molecule is COc1cc2c(c(C)c1O)C(C(C)C)CC(C)(C)O2. The Balaban J connectivity index is 2.64. The molecule has 1 aromatic carbocycles. The van der Waals surface area contributed by atoms with Gasteiger partial charge in [0.15, 0.2) is 11.5 Å². The van der Waals surface area contributed by atoms with E-state index >= 15 is 0 Å². The van der Waals surface area contributed by atoms with Gasteiger partial charge in [-0.3, -0.25) is 0 Å². The second kappa shape index (κ2) is 4.62. The molecule has 1 aromatic rings. The monoisotopic (exact) mass is 264 g/mol. The van der Waals surface area contributed by atoms with Crippen LogP contribution in [-0.4, -0.2) is 17.8 Å². The van der Waals surface area contributed by atoms with Crippen LogP contribution in [0.25, 0.3) is 0 Å². The summed E-state index contributed by atoms with van der Waals surface area (Å²) < 4.78 is 11.3. The molecule has 0 saturated carbocycles. The Morgan fingerprint density at radius 2 is 2.05 bits per heavy atom. The zero-order valence-electron chi connectivity index (χ0n) is 12.7. The Hall–Kier alpha value is -1.38. The lowest BCUT2D eigenvalue weighted by molar-refractivity contribution is 0.0631. The smallest absolute Gasteiger partial charge is 0.164 e. The summed E-state index contributed by atoms with van der Waals surface area (Å²) in [4.78, 5) is 0. The van der Waals surface area contributed by atoms with Gasteiger partial charge in [0.05, 0.1) is 7.11 Å². The zero-order valence-corrected chi connectivity index (χ0v) is 12.7. The molecule has 0 fully saturated rings. The number of hydrogen-bond donors (Lipinski definition) is 1. The quantitative estimate of drug-likeness (QED) is 0.877. The Morgan fingerprint density at radius 3 is 2.58 bits per heavy atom. The van der Waals surface area contributed by atoms with Gasteiger partial charge in [0, 0.05) is 17.2 Å². The lowest BCUT2D eigenvalue weighted by Gasteiger charge is -2.40. The van der Waals surface area contributed by atoms with Crippen molar-refractivity contribution < 1.29 is 14.6 Å². The van der Waals surface area contributed by atoms with E-state index in [2.05, 4.69) is 27.7 Å². The van der Waals surface area contributed by atoms with Crippen LogP contribution in [-0.2, 0) is 0 Å². The minimum atomic E-state index is -0.184. The van der Waals surface area contributed by atoms with E-state index in [1.807, 2.05) is 13.0 Å². The summed E-state index contributed by atoms with van der Waals surface area (Å²) >= 11 is 0. The highest BCUT2D eigenvalue weighted by Gasteiger charge is 2.37. The summed E-state index contributed by atoms with van der Waals surface area (Å²) in [5, 5.41) is 10.2. The van der Waals surface area contributed by atoms with Gasteiger partial charge in [0.25, 0.3) is 0 Å². The molecule has 0 aromatic heterocycles. The summed E-state index contributed by atoms with van der Waals surface area (Å²) in [6, 6.07) is 1.81. The average molecular weight is 264 g/mol. The third kappa shape index (κ3) is 2.38. The molecule has 0 spiro atoms. The molecular formula is C16H24O3. The first-order chi connectivity index (χ1) is 8.76. The molecule has 0 aliphatic carbocycles. The van der Waals surface area contributed by atoms with E-state index in [1.165, 1.54) is 0 Å². The van der Waals surface area contributed by atoms with Crippen LogP contribution < -0.4 is 9.47 Å². The highest BCUT2D eigenvalue weighted by atomic mass is 16.5. The van der Waals surface area contributed by atoms with E-state index in [1.54, 1.807) is 7.11 Å². The van der Waals surface area contributed by atoms with Crippen molar-refractivity contribution in [2.75, 3.05) is 7.11 Å². The predicted octanol–water partition coefficient (Wildman–Crippen LogP) is 4.01. The number of benzene rings is 1. The van der Waals surface area contributed by atoms with E-state index in [9.17, 15) is 5.11 Å². The van der Waals surface area contributed by atoms with Crippen molar-refractivity contribution in [1.82, 2.24) is 0 Å². The molecule has 0 radical (unpaired) electrons. The van der Waals surface area contributed by atoms with Crippen LogP contribution in [0.3, 0.4) is 0 Å². The summed E-state index contributed by atoms with van der Waals surface area (Å²) in [6.45, 7) is 10.6. The van der Waals surface area contributed by atoms with Gasteiger partial charge in [-0.1, -0.05) is 13.8 Å². The minimum absolute atomic E-state index is 0.184. The number of phenolic OH excluding ortho intramolecular Hbond substituents is 1. The lowest BCUT2D eigenvalue weighted by Crippen LogP contribution is -2.36. The number of fused-ring (bicyclic) bond motifs is 1. The summed E-state index contributed by atoms with van der Waals surface area (Å²) in [6.07, 6.45) is 0.963. The van der Waals surface area contributed by atoms with Crippen molar-refractivity contribution in [3.05, 3.63) is 17.2 Å². The highest BCUT2D eigenvalue weighted by molar-refractivity contribution is 5.58. The van der Waals surface area contributed by atoms with Gasteiger partial charge in [-0.25, -0.2) is 0 Å². The first-order valence-electron chi connectivity index (χ1n) is 6.86. The Morgan fingerprint density at radius 1 is 1.42 bits per heavy atom. The molecule has 0 amide bonds. The van der Waals surface area contributed by atoms with Crippen molar-refractivity contribution in [3.8, 4) is 17.2 Å². The van der Waals surface area contributed by atoms with Gasteiger partial charge in [-0.2, -0.15) is 0 Å². The molecule has 0 bridgehead atoms. The van der Waals surface area contributed by atoms with E-state index < -0.39 is 0 Å². The topological polar surface area (TPSA) is 38.7 Å². The first kappa shape index (κ1) is 14.0. The molecule has 1 aliphatic heterocycles. The average Bonchev–Trinajstić information content (AvgIpc) is 2.31. The highest BCUT2D eigenvalue weighted by Crippen LogP contribution is 2.50. The maximum absolute atomic E-state index is 10.2. The third-order valence-corrected chi connectivity index (χ3v) is 4.01. The number of rotatable bonds is 2. The molecule has 2 rings (SSSR count). The van der Waals surface area contributed by atoms with Crippen LogP contribution in [0.5, 0.6) is 17.2 Å².